The molecule has 5 heteroatoms. The van der Waals surface area contributed by atoms with E-state index >= 15 is 0 Å². The van der Waals surface area contributed by atoms with Crippen molar-refractivity contribution in [3.05, 3.63) is 0 Å². The van der Waals surface area contributed by atoms with Crippen molar-refractivity contribution in [2.75, 3.05) is 5.75 Å². The van der Waals surface area contributed by atoms with Gasteiger partial charge in [0.1, 0.15) is 5.60 Å². The summed E-state index contributed by atoms with van der Waals surface area (Å²) in [7, 11) is -2.59. The Labute approximate surface area is 98.7 Å². The highest BCUT2D eigenvalue weighted by Crippen LogP contribution is 2.56. The van der Waals surface area contributed by atoms with Gasteiger partial charge in [0.15, 0.2) is 0 Å². The van der Waals surface area contributed by atoms with Crippen molar-refractivity contribution in [1.82, 2.24) is 0 Å². The normalized spacial score (nSPS) is 31.1. The first-order valence-electron chi connectivity index (χ1n) is 5.58. The number of carbonyl (C=O) groups is 1. The molecule has 0 spiro atoms. The fourth-order valence-corrected chi connectivity index (χ4v) is 4.26. The van der Waals surface area contributed by atoms with Crippen LogP contribution in [0.4, 0.5) is 0 Å². The SMILES string of the molecule is CC1CCS(O)(O)C1CC(=O)OC(C)(C)C. The average Bonchev–Trinajstić information content (AvgIpc) is 2.28. The highest BCUT2D eigenvalue weighted by molar-refractivity contribution is 8.25. The van der Waals surface area contributed by atoms with E-state index in [1.807, 2.05) is 6.92 Å². The van der Waals surface area contributed by atoms with Crippen molar-refractivity contribution < 1.29 is 18.6 Å². The van der Waals surface area contributed by atoms with Crippen LogP contribution in [0.5, 0.6) is 0 Å². The van der Waals surface area contributed by atoms with Crippen LogP contribution in [0.25, 0.3) is 0 Å². The Morgan fingerprint density at radius 2 is 2.00 bits per heavy atom. The molecule has 0 aliphatic carbocycles. The smallest absolute Gasteiger partial charge is 0.308 e. The highest BCUT2D eigenvalue weighted by atomic mass is 32.3. The molecule has 1 aliphatic rings. The van der Waals surface area contributed by atoms with Gasteiger partial charge in [-0.25, -0.2) is 0 Å². The minimum absolute atomic E-state index is 0.112. The van der Waals surface area contributed by atoms with E-state index < -0.39 is 16.2 Å². The quantitative estimate of drug-likeness (QED) is 0.739. The molecule has 1 heterocycles. The van der Waals surface area contributed by atoms with Crippen LogP contribution in [0.3, 0.4) is 0 Å². The lowest BCUT2D eigenvalue weighted by Crippen LogP contribution is -2.29. The molecule has 0 saturated carbocycles. The molecule has 16 heavy (non-hydrogen) atoms. The Morgan fingerprint density at radius 3 is 2.38 bits per heavy atom. The molecule has 0 radical (unpaired) electrons. The fraction of sp³-hybridized carbons (Fsp3) is 0.909. The molecular weight excluding hydrogens is 228 g/mol. The Kier molecular flexibility index (Phi) is 3.92. The number of ether oxygens (including phenoxy) is 1. The van der Waals surface area contributed by atoms with Crippen molar-refractivity contribution in [2.24, 2.45) is 5.92 Å². The molecule has 2 unspecified atom stereocenters. The summed E-state index contributed by atoms with van der Waals surface area (Å²) in [4.78, 5) is 11.6. The van der Waals surface area contributed by atoms with Gasteiger partial charge < -0.3 is 4.74 Å². The molecule has 1 rings (SSSR count). The second-order valence-corrected chi connectivity index (χ2v) is 7.96. The third-order valence-electron chi connectivity index (χ3n) is 2.78. The van der Waals surface area contributed by atoms with Gasteiger partial charge >= 0.3 is 5.97 Å². The van der Waals surface area contributed by atoms with Gasteiger partial charge in [0.25, 0.3) is 0 Å². The largest absolute Gasteiger partial charge is 0.460 e. The van der Waals surface area contributed by atoms with Crippen LogP contribution in [0.1, 0.15) is 40.5 Å². The fourth-order valence-electron chi connectivity index (χ4n) is 1.95. The number of hydrogen-bond donors (Lipinski definition) is 2. The van der Waals surface area contributed by atoms with E-state index in [2.05, 4.69) is 0 Å². The molecule has 0 aromatic rings. The maximum absolute atomic E-state index is 11.6. The predicted octanol–water partition coefficient (Wildman–Crippen LogP) is 2.88. The lowest BCUT2D eigenvalue weighted by Gasteiger charge is -2.35. The third-order valence-corrected chi connectivity index (χ3v) is 5.22. The second-order valence-electron chi connectivity index (χ2n) is 5.52. The number of esters is 1. The van der Waals surface area contributed by atoms with Crippen LogP contribution in [0.2, 0.25) is 0 Å². The summed E-state index contributed by atoms with van der Waals surface area (Å²) in [6, 6.07) is 0. The Bertz CT molecular complexity index is 270. The van der Waals surface area contributed by atoms with E-state index in [0.29, 0.717) is 5.75 Å². The Hall–Kier alpha value is -0.260. The average molecular weight is 250 g/mol. The topological polar surface area (TPSA) is 66.8 Å². The molecule has 0 aromatic carbocycles. The van der Waals surface area contributed by atoms with Crippen LogP contribution in [0, 0.1) is 5.92 Å². The summed E-state index contributed by atoms with van der Waals surface area (Å²) in [6.07, 6.45) is 0.885. The first-order chi connectivity index (χ1) is 7.12. The minimum Gasteiger partial charge on any atom is -0.460 e. The van der Waals surface area contributed by atoms with Crippen molar-refractivity contribution in [3.63, 3.8) is 0 Å². The molecule has 1 fully saturated rings. The molecule has 2 N–H and O–H groups in total. The minimum atomic E-state index is -2.59. The van der Waals surface area contributed by atoms with Gasteiger partial charge in [-0.2, -0.15) is 10.6 Å². The van der Waals surface area contributed by atoms with Crippen molar-refractivity contribution in [1.29, 1.82) is 0 Å². The molecule has 0 bridgehead atoms. The number of rotatable bonds is 2. The number of carbonyl (C=O) groups excluding carboxylic acids is 1. The van der Waals surface area contributed by atoms with E-state index in [-0.39, 0.29) is 23.6 Å². The van der Waals surface area contributed by atoms with E-state index in [1.54, 1.807) is 20.8 Å². The van der Waals surface area contributed by atoms with Crippen LogP contribution < -0.4 is 0 Å². The van der Waals surface area contributed by atoms with Gasteiger partial charge in [0.2, 0.25) is 0 Å². The summed E-state index contributed by atoms with van der Waals surface area (Å²) in [5.41, 5.74) is -0.512. The van der Waals surface area contributed by atoms with Gasteiger partial charge in [0.05, 0.1) is 11.7 Å². The molecule has 0 aromatic heterocycles. The van der Waals surface area contributed by atoms with Gasteiger partial charge in [0, 0.05) is 5.75 Å². The summed E-state index contributed by atoms with van der Waals surface area (Å²) < 4.78 is 24.8. The second kappa shape index (κ2) is 4.55. The van der Waals surface area contributed by atoms with Gasteiger partial charge in [-0.15, -0.1) is 0 Å². The third kappa shape index (κ3) is 3.64. The number of hydrogen-bond acceptors (Lipinski definition) is 4. The molecule has 0 amide bonds. The molecular formula is C11H22O4S. The summed E-state index contributed by atoms with van der Waals surface area (Å²) in [6.45, 7) is 7.37. The lowest BCUT2D eigenvalue weighted by atomic mass is 10.0. The maximum atomic E-state index is 11.6. The monoisotopic (exact) mass is 250 g/mol. The zero-order valence-corrected chi connectivity index (χ0v) is 11.2. The van der Waals surface area contributed by atoms with Crippen molar-refractivity contribution in [2.45, 2.75) is 51.4 Å². The first-order valence-corrected chi connectivity index (χ1v) is 7.36. The zero-order valence-electron chi connectivity index (χ0n) is 10.4. The molecule has 1 aliphatic heterocycles. The summed E-state index contributed by atoms with van der Waals surface area (Å²) >= 11 is 0. The van der Waals surface area contributed by atoms with Gasteiger partial charge in [-0.1, -0.05) is 6.92 Å². The lowest BCUT2D eigenvalue weighted by molar-refractivity contribution is -0.155. The molecule has 96 valence electrons. The maximum Gasteiger partial charge on any atom is 0.308 e. The molecule has 2 atom stereocenters. The highest BCUT2D eigenvalue weighted by Gasteiger charge is 2.39. The molecule has 1 saturated heterocycles. The van der Waals surface area contributed by atoms with Gasteiger partial charge in [-0.05, 0) is 33.1 Å². The molecule has 4 nitrogen and oxygen atoms in total. The van der Waals surface area contributed by atoms with Crippen molar-refractivity contribution >= 4 is 16.6 Å². The predicted molar refractivity (Wildman–Crippen MR) is 65.7 cm³/mol. The van der Waals surface area contributed by atoms with E-state index in [4.69, 9.17) is 4.74 Å². The van der Waals surface area contributed by atoms with Crippen LogP contribution in [-0.2, 0) is 9.53 Å². The van der Waals surface area contributed by atoms with Crippen LogP contribution >= 0.6 is 10.6 Å². The summed E-state index contributed by atoms with van der Waals surface area (Å²) in [5, 5.41) is -0.331. The summed E-state index contributed by atoms with van der Waals surface area (Å²) in [5.74, 6) is 0.255. The van der Waals surface area contributed by atoms with E-state index in [9.17, 15) is 13.9 Å². The van der Waals surface area contributed by atoms with Crippen molar-refractivity contribution in [3.8, 4) is 0 Å². The van der Waals surface area contributed by atoms with E-state index in [1.165, 1.54) is 0 Å². The standard InChI is InChI=1S/C11H22O4S/c1-8-5-6-16(13,14)9(8)7-10(12)15-11(2,3)4/h8-9,13-14H,5-7H2,1-4H3. The van der Waals surface area contributed by atoms with E-state index in [0.717, 1.165) is 6.42 Å². The Morgan fingerprint density at radius 1 is 1.44 bits per heavy atom. The Balaban J connectivity index is 2.57. The van der Waals surface area contributed by atoms with Crippen LogP contribution in [0.15, 0.2) is 0 Å². The first kappa shape index (κ1) is 13.8. The van der Waals surface area contributed by atoms with Gasteiger partial charge in [-0.3, -0.25) is 13.9 Å². The van der Waals surface area contributed by atoms with Crippen LogP contribution in [-0.4, -0.2) is 31.7 Å². The zero-order chi connectivity index (χ0) is 12.6.